The molecule has 0 fully saturated rings. The summed E-state index contributed by atoms with van der Waals surface area (Å²) in [7, 11) is 0. The third-order valence-electron chi connectivity index (χ3n) is 4.80. The third kappa shape index (κ3) is 6.43. The number of aromatic nitrogens is 2. The molecule has 1 aliphatic rings. The van der Waals surface area contributed by atoms with Gasteiger partial charge in [-0.2, -0.15) is 0 Å². The van der Waals surface area contributed by atoms with Crippen LogP contribution in [0.3, 0.4) is 0 Å². The standard InChI is InChI=1S/C23H28N6O4/c1-3-6-29(33-8-7-30)23(32)18-9-17-5-4-16(10-20(17)28-21(24)11-18)19-12-26-22(27-13-19)14-25-15(2)31/h4-5,9-10,12-13,30H,3,6-8,11,14H2,1-2H3,(H2,24,28)(H,25,31). The van der Waals surface area contributed by atoms with Gasteiger partial charge in [0.25, 0.3) is 5.91 Å². The first kappa shape index (κ1) is 24.0. The topological polar surface area (TPSA) is 143 Å². The number of amides is 2. The van der Waals surface area contributed by atoms with Gasteiger partial charge in [-0.05, 0) is 24.1 Å². The Morgan fingerprint density at radius 1 is 1.24 bits per heavy atom. The van der Waals surface area contributed by atoms with Gasteiger partial charge in [-0.3, -0.25) is 14.4 Å². The van der Waals surface area contributed by atoms with Crippen molar-refractivity contribution in [3.05, 3.63) is 47.6 Å². The van der Waals surface area contributed by atoms with E-state index in [1.165, 1.54) is 12.0 Å². The molecule has 2 amide bonds. The van der Waals surface area contributed by atoms with Gasteiger partial charge in [0.15, 0.2) is 0 Å². The fraction of sp³-hybridized carbons (Fsp3) is 0.348. The number of aliphatic hydroxyl groups is 1. The molecule has 0 radical (unpaired) electrons. The molecule has 0 saturated heterocycles. The lowest BCUT2D eigenvalue weighted by molar-refractivity contribution is -0.185. The van der Waals surface area contributed by atoms with Crippen LogP contribution in [0.15, 0.2) is 41.2 Å². The smallest absolute Gasteiger partial charge is 0.273 e. The second kappa shape index (κ2) is 11.3. The second-order valence-corrected chi connectivity index (χ2v) is 7.48. The predicted molar refractivity (Wildman–Crippen MR) is 124 cm³/mol. The van der Waals surface area contributed by atoms with Crippen molar-refractivity contribution >= 4 is 29.4 Å². The van der Waals surface area contributed by atoms with Gasteiger partial charge in [0, 0.05) is 49.0 Å². The van der Waals surface area contributed by atoms with Crippen LogP contribution < -0.4 is 11.1 Å². The molecule has 10 nitrogen and oxygen atoms in total. The molecule has 1 aliphatic heterocycles. The van der Waals surface area contributed by atoms with Crippen LogP contribution in [0.4, 0.5) is 5.69 Å². The lowest BCUT2D eigenvalue weighted by atomic mass is 10.0. The first-order chi connectivity index (χ1) is 15.9. The Bertz CT molecular complexity index is 1070. The molecule has 4 N–H and O–H groups in total. The Morgan fingerprint density at radius 3 is 2.67 bits per heavy atom. The fourth-order valence-electron chi connectivity index (χ4n) is 3.25. The number of benzene rings is 1. The van der Waals surface area contributed by atoms with Crippen LogP contribution in [0, 0.1) is 0 Å². The van der Waals surface area contributed by atoms with Gasteiger partial charge in [-0.25, -0.2) is 20.0 Å². The maximum Gasteiger partial charge on any atom is 0.273 e. The molecule has 0 spiro atoms. The van der Waals surface area contributed by atoms with Crippen molar-refractivity contribution < 1.29 is 19.5 Å². The molecule has 0 saturated carbocycles. The zero-order chi connectivity index (χ0) is 23.8. The maximum absolute atomic E-state index is 13.0. The number of hydroxylamine groups is 2. The number of hydrogen-bond acceptors (Lipinski definition) is 8. The van der Waals surface area contributed by atoms with Crippen molar-refractivity contribution in [3.63, 3.8) is 0 Å². The lowest BCUT2D eigenvalue weighted by Crippen LogP contribution is -2.35. The van der Waals surface area contributed by atoms with Crippen LogP contribution in [0.1, 0.15) is 38.1 Å². The number of carbonyl (C=O) groups excluding carboxylic acids is 2. The molecule has 0 bridgehead atoms. The molecule has 3 rings (SSSR count). The van der Waals surface area contributed by atoms with Crippen LogP contribution in [-0.4, -0.2) is 57.5 Å². The average molecular weight is 453 g/mol. The molecule has 33 heavy (non-hydrogen) atoms. The second-order valence-electron chi connectivity index (χ2n) is 7.48. The minimum Gasteiger partial charge on any atom is -0.394 e. The number of nitrogens with zero attached hydrogens (tertiary/aromatic N) is 4. The maximum atomic E-state index is 13.0. The summed E-state index contributed by atoms with van der Waals surface area (Å²) < 4.78 is 0. The van der Waals surface area contributed by atoms with E-state index in [-0.39, 0.29) is 38.0 Å². The normalized spacial score (nSPS) is 12.8. The quantitative estimate of drug-likeness (QED) is 0.492. The fourth-order valence-corrected chi connectivity index (χ4v) is 3.25. The van der Waals surface area contributed by atoms with E-state index in [4.69, 9.17) is 15.7 Å². The van der Waals surface area contributed by atoms with Gasteiger partial charge in [0.1, 0.15) is 11.7 Å². The summed E-state index contributed by atoms with van der Waals surface area (Å²) in [5, 5.41) is 13.0. The predicted octanol–water partition coefficient (Wildman–Crippen LogP) is 1.72. The van der Waals surface area contributed by atoms with Crippen molar-refractivity contribution in [2.24, 2.45) is 10.7 Å². The number of hydrogen-bond donors (Lipinski definition) is 3. The van der Waals surface area contributed by atoms with Crippen LogP contribution in [0.5, 0.6) is 0 Å². The van der Waals surface area contributed by atoms with Crippen molar-refractivity contribution in [2.75, 3.05) is 19.8 Å². The Hall–Kier alpha value is -3.63. The number of rotatable bonds is 9. The van der Waals surface area contributed by atoms with E-state index in [1.807, 2.05) is 25.1 Å². The van der Waals surface area contributed by atoms with E-state index in [0.717, 1.165) is 16.7 Å². The minimum absolute atomic E-state index is 0.0359. The summed E-state index contributed by atoms with van der Waals surface area (Å²) in [6, 6.07) is 5.63. The number of fused-ring (bicyclic) bond motifs is 1. The highest BCUT2D eigenvalue weighted by atomic mass is 16.7. The molecule has 0 unspecified atom stereocenters. The van der Waals surface area contributed by atoms with Gasteiger partial charge < -0.3 is 16.2 Å². The van der Waals surface area contributed by atoms with Crippen LogP contribution in [0.2, 0.25) is 0 Å². The molecular weight excluding hydrogens is 424 g/mol. The number of nitrogens with one attached hydrogen (secondary N) is 1. The number of carbonyl (C=O) groups is 2. The summed E-state index contributed by atoms with van der Waals surface area (Å²) in [4.78, 5) is 42.5. The van der Waals surface area contributed by atoms with Gasteiger partial charge in [0.05, 0.1) is 25.4 Å². The summed E-state index contributed by atoms with van der Waals surface area (Å²) >= 11 is 0. The third-order valence-corrected chi connectivity index (χ3v) is 4.80. The summed E-state index contributed by atoms with van der Waals surface area (Å²) in [5.41, 5.74) is 9.59. The SMILES string of the molecule is CCCN(OCCO)C(=O)C1=Cc2ccc(-c3cnc(CNC(C)=O)nc3)cc2N=C(N)C1. The first-order valence-electron chi connectivity index (χ1n) is 10.7. The molecule has 174 valence electrons. The van der Waals surface area contributed by atoms with Gasteiger partial charge in [-0.15, -0.1) is 0 Å². The molecule has 1 aromatic heterocycles. The Balaban J connectivity index is 1.85. The van der Waals surface area contributed by atoms with Crippen LogP contribution in [0.25, 0.3) is 17.2 Å². The zero-order valence-electron chi connectivity index (χ0n) is 18.7. The average Bonchev–Trinajstić information content (AvgIpc) is 2.97. The molecule has 0 atom stereocenters. The Morgan fingerprint density at radius 2 is 2.00 bits per heavy atom. The van der Waals surface area contributed by atoms with Crippen LogP contribution in [-0.2, 0) is 21.0 Å². The van der Waals surface area contributed by atoms with Crippen molar-refractivity contribution in [1.29, 1.82) is 0 Å². The lowest BCUT2D eigenvalue weighted by Gasteiger charge is -2.22. The number of amidine groups is 1. The van der Waals surface area contributed by atoms with Crippen molar-refractivity contribution in [1.82, 2.24) is 20.3 Å². The summed E-state index contributed by atoms with van der Waals surface area (Å²) in [6.07, 6.45) is 6.03. The minimum atomic E-state index is -0.302. The molecule has 0 aliphatic carbocycles. The molecular formula is C23H28N6O4. The van der Waals surface area contributed by atoms with E-state index in [1.54, 1.807) is 18.5 Å². The number of aliphatic imine (C=N–C) groups is 1. The largest absolute Gasteiger partial charge is 0.394 e. The number of nitrogens with two attached hydrogens (primary N) is 1. The summed E-state index contributed by atoms with van der Waals surface area (Å²) in [6.45, 7) is 3.89. The van der Waals surface area contributed by atoms with E-state index >= 15 is 0 Å². The molecule has 10 heteroatoms. The number of aliphatic hydroxyl groups excluding tert-OH is 1. The zero-order valence-corrected chi connectivity index (χ0v) is 18.7. The molecule has 2 aromatic rings. The highest BCUT2D eigenvalue weighted by Crippen LogP contribution is 2.31. The van der Waals surface area contributed by atoms with E-state index in [2.05, 4.69) is 20.3 Å². The van der Waals surface area contributed by atoms with Crippen LogP contribution >= 0.6 is 0 Å². The first-order valence-corrected chi connectivity index (χ1v) is 10.7. The van der Waals surface area contributed by atoms with Gasteiger partial charge >= 0.3 is 0 Å². The van der Waals surface area contributed by atoms with E-state index in [9.17, 15) is 9.59 Å². The van der Waals surface area contributed by atoms with Crippen molar-refractivity contribution in [3.8, 4) is 11.1 Å². The molecule has 2 heterocycles. The Labute approximate surface area is 192 Å². The van der Waals surface area contributed by atoms with E-state index < -0.39 is 0 Å². The Kier molecular flexibility index (Phi) is 8.22. The summed E-state index contributed by atoms with van der Waals surface area (Å²) in [5.74, 6) is 0.374. The highest BCUT2D eigenvalue weighted by Gasteiger charge is 2.22. The monoisotopic (exact) mass is 452 g/mol. The molecule has 1 aromatic carbocycles. The van der Waals surface area contributed by atoms with Gasteiger partial charge in [0.2, 0.25) is 5.91 Å². The highest BCUT2D eigenvalue weighted by molar-refractivity contribution is 6.05. The van der Waals surface area contributed by atoms with Gasteiger partial charge in [-0.1, -0.05) is 19.1 Å². The van der Waals surface area contributed by atoms with E-state index in [0.29, 0.717) is 35.9 Å². The van der Waals surface area contributed by atoms with Crippen molar-refractivity contribution in [2.45, 2.75) is 33.2 Å².